The Morgan fingerprint density at radius 2 is 1.82 bits per heavy atom. The standard InChI is InChI=1S/C12H10F3NS/c1-7-2-3-8(16)4-9(7)10-5-17-6-11(10)12(13,14)15/h2-6H,16H2,1H3. The molecule has 0 fully saturated rings. The van der Waals surface area contributed by atoms with E-state index in [4.69, 9.17) is 5.73 Å². The van der Waals surface area contributed by atoms with Crippen LogP contribution in [-0.2, 0) is 6.18 Å². The first-order valence-electron chi connectivity index (χ1n) is 4.89. The van der Waals surface area contributed by atoms with Gasteiger partial charge in [0.2, 0.25) is 0 Å². The van der Waals surface area contributed by atoms with Gasteiger partial charge in [0, 0.05) is 16.6 Å². The number of halogens is 3. The van der Waals surface area contributed by atoms with Crippen molar-refractivity contribution in [2.45, 2.75) is 13.1 Å². The molecule has 0 amide bonds. The summed E-state index contributed by atoms with van der Waals surface area (Å²) in [5.41, 5.74) is 7.00. The molecule has 1 aromatic heterocycles. The molecule has 1 aromatic carbocycles. The van der Waals surface area contributed by atoms with Crippen LogP contribution in [0.5, 0.6) is 0 Å². The number of alkyl halides is 3. The molecular weight excluding hydrogens is 247 g/mol. The van der Waals surface area contributed by atoms with E-state index < -0.39 is 11.7 Å². The van der Waals surface area contributed by atoms with Crippen LogP contribution >= 0.6 is 11.3 Å². The van der Waals surface area contributed by atoms with Gasteiger partial charge in [0.05, 0.1) is 5.56 Å². The van der Waals surface area contributed by atoms with Crippen molar-refractivity contribution in [1.29, 1.82) is 0 Å². The van der Waals surface area contributed by atoms with Gasteiger partial charge in [0.15, 0.2) is 0 Å². The molecule has 0 aliphatic rings. The van der Waals surface area contributed by atoms with E-state index in [1.807, 2.05) is 0 Å². The number of rotatable bonds is 1. The molecule has 0 saturated heterocycles. The highest BCUT2D eigenvalue weighted by Gasteiger charge is 2.34. The number of anilines is 1. The number of hydrogen-bond acceptors (Lipinski definition) is 2. The molecule has 5 heteroatoms. The predicted molar refractivity (Wildman–Crippen MR) is 63.9 cm³/mol. The third-order valence-corrected chi connectivity index (χ3v) is 3.26. The third kappa shape index (κ3) is 2.29. The highest BCUT2D eigenvalue weighted by atomic mass is 32.1. The van der Waals surface area contributed by atoms with Crippen LogP contribution in [0.3, 0.4) is 0 Å². The van der Waals surface area contributed by atoms with Crippen LogP contribution < -0.4 is 5.73 Å². The Hall–Kier alpha value is -1.49. The van der Waals surface area contributed by atoms with E-state index >= 15 is 0 Å². The fourth-order valence-corrected chi connectivity index (χ4v) is 2.51. The molecule has 1 nitrogen and oxygen atoms in total. The van der Waals surface area contributed by atoms with Crippen molar-refractivity contribution in [2.75, 3.05) is 5.73 Å². The van der Waals surface area contributed by atoms with E-state index in [2.05, 4.69) is 0 Å². The van der Waals surface area contributed by atoms with Crippen molar-refractivity contribution >= 4 is 17.0 Å². The Kier molecular flexibility index (Phi) is 2.87. The van der Waals surface area contributed by atoms with Gasteiger partial charge in [0.1, 0.15) is 0 Å². The molecule has 0 radical (unpaired) electrons. The van der Waals surface area contributed by atoms with Gasteiger partial charge in [-0.25, -0.2) is 0 Å². The Morgan fingerprint density at radius 3 is 2.47 bits per heavy atom. The van der Waals surface area contributed by atoms with E-state index in [9.17, 15) is 13.2 Å². The first kappa shape index (κ1) is 12.0. The van der Waals surface area contributed by atoms with Gasteiger partial charge in [-0.2, -0.15) is 24.5 Å². The SMILES string of the molecule is Cc1ccc(N)cc1-c1cscc1C(F)(F)F. The minimum absolute atomic E-state index is 0.201. The van der Waals surface area contributed by atoms with Crippen LogP contribution in [0.25, 0.3) is 11.1 Å². The number of nitrogen functional groups attached to an aromatic ring is 1. The van der Waals surface area contributed by atoms with Crippen LogP contribution in [0.2, 0.25) is 0 Å². The maximum absolute atomic E-state index is 12.8. The van der Waals surface area contributed by atoms with Crippen molar-refractivity contribution in [2.24, 2.45) is 0 Å². The minimum atomic E-state index is -4.33. The van der Waals surface area contributed by atoms with Crippen LogP contribution in [0.4, 0.5) is 18.9 Å². The number of hydrogen-bond donors (Lipinski definition) is 1. The van der Waals surface area contributed by atoms with E-state index in [1.54, 1.807) is 25.1 Å². The fourth-order valence-electron chi connectivity index (χ4n) is 1.65. The zero-order valence-electron chi connectivity index (χ0n) is 9.01. The maximum atomic E-state index is 12.8. The third-order valence-electron chi connectivity index (χ3n) is 2.52. The van der Waals surface area contributed by atoms with Gasteiger partial charge in [-0.15, -0.1) is 0 Å². The van der Waals surface area contributed by atoms with Gasteiger partial charge in [-0.05, 0) is 35.6 Å². The maximum Gasteiger partial charge on any atom is 0.417 e. The average Bonchev–Trinajstić information content (AvgIpc) is 2.69. The minimum Gasteiger partial charge on any atom is -0.399 e. The van der Waals surface area contributed by atoms with Crippen molar-refractivity contribution in [1.82, 2.24) is 0 Å². The number of benzene rings is 1. The molecule has 0 unspecified atom stereocenters. The van der Waals surface area contributed by atoms with Gasteiger partial charge in [-0.1, -0.05) is 6.07 Å². The van der Waals surface area contributed by atoms with Gasteiger partial charge < -0.3 is 5.73 Å². The van der Waals surface area contributed by atoms with Crippen LogP contribution in [0, 0.1) is 6.92 Å². The number of aryl methyl sites for hydroxylation is 1. The molecule has 0 aliphatic carbocycles. The van der Waals surface area contributed by atoms with E-state index in [1.165, 1.54) is 5.38 Å². The lowest BCUT2D eigenvalue weighted by atomic mass is 9.99. The van der Waals surface area contributed by atoms with Crippen LogP contribution in [0.1, 0.15) is 11.1 Å². The molecule has 2 N–H and O–H groups in total. The summed E-state index contributed by atoms with van der Waals surface area (Å²) in [6, 6.07) is 4.98. The summed E-state index contributed by atoms with van der Waals surface area (Å²) in [4.78, 5) is 0. The number of nitrogens with two attached hydrogens (primary N) is 1. The Bertz CT molecular complexity index is 543. The largest absolute Gasteiger partial charge is 0.417 e. The molecule has 17 heavy (non-hydrogen) atoms. The van der Waals surface area contributed by atoms with Crippen molar-refractivity contribution in [3.8, 4) is 11.1 Å². The summed E-state index contributed by atoms with van der Waals surface area (Å²) >= 11 is 1.04. The summed E-state index contributed by atoms with van der Waals surface area (Å²) < 4.78 is 38.3. The molecule has 2 rings (SSSR count). The second-order valence-electron chi connectivity index (χ2n) is 3.77. The first-order valence-corrected chi connectivity index (χ1v) is 5.84. The van der Waals surface area contributed by atoms with Gasteiger partial charge >= 0.3 is 6.18 Å². The lowest BCUT2D eigenvalue weighted by Gasteiger charge is -2.11. The molecule has 0 bridgehead atoms. The molecular formula is C12H10F3NS. The van der Waals surface area contributed by atoms with E-state index in [0.717, 1.165) is 22.3 Å². The molecule has 0 atom stereocenters. The second-order valence-corrected chi connectivity index (χ2v) is 4.51. The van der Waals surface area contributed by atoms with E-state index in [-0.39, 0.29) is 5.56 Å². The summed E-state index contributed by atoms with van der Waals surface area (Å²) in [5.74, 6) is 0. The highest BCUT2D eigenvalue weighted by Crippen LogP contribution is 2.40. The fraction of sp³-hybridized carbons (Fsp3) is 0.167. The molecule has 2 aromatic rings. The van der Waals surface area contributed by atoms with Crippen LogP contribution in [-0.4, -0.2) is 0 Å². The molecule has 1 heterocycles. The van der Waals surface area contributed by atoms with Gasteiger partial charge in [0.25, 0.3) is 0 Å². The molecule has 0 spiro atoms. The monoisotopic (exact) mass is 257 g/mol. The second kappa shape index (κ2) is 4.07. The van der Waals surface area contributed by atoms with E-state index in [0.29, 0.717) is 11.3 Å². The average molecular weight is 257 g/mol. The molecule has 0 saturated carbocycles. The topological polar surface area (TPSA) is 26.0 Å². The van der Waals surface area contributed by atoms with Gasteiger partial charge in [-0.3, -0.25) is 0 Å². The zero-order valence-corrected chi connectivity index (χ0v) is 9.82. The number of thiophene rings is 1. The summed E-state index contributed by atoms with van der Waals surface area (Å²) in [6.07, 6.45) is -4.33. The zero-order chi connectivity index (χ0) is 12.6. The lowest BCUT2D eigenvalue weighted by molar-refractivity contribution is -0.136. The van der Waals surface area contributed by atoms with Crippen molar-refractivity contribution in [3.05, 3.63) is 40.1 Å². The smallest absolute Gasteiger partial charge is 0.399 e. The van der Waals surface area contributed by atoms with Crippen molar-refractivity contribution < 1.29 is 13.2 Å². The normalized spacial score (nSPS) is 11.8. The predicted octanol–water partition coefficient (Wildman–Crippen LogP) is 4.32. The Labute approximate surface area is 101 Å². The lowest BCUT2D eigenvalue weighted by Crippen LogP contribution is -2.05. The van der Waals surface area contributed by atoms with Crippen molar-refractivity contribution in [3.63, 3.8) is 0 Å². The Balaban J connectivity index is 2.61. The van der Waals surface area contributed by atoms with Crippen LogP contribution in [0.15, 0.2) is 29.0 Å². The summed E-state index contributed by atoms with van der Waals surface area (Å²) in [7, 11) is 0. The summed E-state index contributed by atoms with van der Waals surface area (Å²) in [6.45, 7) is 1.77. The quantitative estimate of drug-likeness (QED) is 0.756. The molecule has 90 valence electrons. The highest BCUT2D eigenvalue weighted by molar-refractivity contribution is 7.08. The Morgan fingerprint density at radius 1 is 1.12 bits per heavy atom. The summed E-state index contributed by atoms with van der Waals surface area (Å²) in [5, 5.41) is 2.63. The first-order chi connectivity index (χ1) is 7.89. The molecule has 0 aliphatic heterocycles.